The summed E-state index contributed by atoms with van der Waals surface area (Å²) in [6.07, 6.45) is 3.91. The molecule has 0 amide bonds. The average Bonchev–Trinajstić information content (AvgIpc) is 2.75. The predicted octanol–water partition coefficient (Wildman–Crippen LogP) is 1.55. The molecule has 2 aromatic heterocycles. The zero-order chi connectivity index (χ0) is 11.4. The summed E-state index contributed by atoms with van der Waals surface area (Å²) in [6, 6.07) is 1.75. The lowest BCUT2D eigenvalue weighted by Gasteiger charge is -1.95. The Kier molecular flexibility index (Phi) is 3.48. The van der Waals surface area contributed by atoms with Crippen molar-refractivity contribution in [3.05, 3.63) is 29.3 Å². The minimum Gasteiger partial charge on any atom is -0.334 e. The minimum atomic E-state index is 0.429. The lowest BCUT2D eigenvalue weighted by molar-refractivity contribution is 0.422. The van der Waals surface area contributed by atoms with Crippen LogP contribution in [0.4, 0.5) is 0 Å². The molecule has 84 valence electrons. The second-order valence-electron chi connectivity index (χ2n) is 3.22. The van der Waals surface area contributed by atoms with Gasteiger partial charge in [0.15, 0.2) is 5.82 Å². The van der Waals surface area contributed by atoms with Gasteiger partial charge in [-0.3, -0.25) is 4.98 Å². The highest BCUT2D eigenvalue weighted by Gasteiger charge is 2.11. The van der Waals surface area contributed by atoms with E-state index in [0.717, 1.165) is 13.0 Å². The van der Waals surface area contributed by atoms with E-state index in [-0.39, 0.29) is 0 Å². The molecule has 0 spiro atoms. The fourth-order valence-corrected chi connectivity index (χ4v) is 1.45. The van der Waals surface area contributed by atoms with Gasteiger partial charge in [0.25, 0.3) is 5.89 Å². The van der Waals surface area contributed by atoms with Gasteiger partial charge in [-0.15, -0.1) is 0 Å². The summed E-state index contributed by atoms with van der Waals surface area (Å²) in [5, 5.41) is 7.39. The smallest absolute Gasteiger partial charge is 0.259 e. The highest BCUT2D eigenvalue weighted by molar-refractivity contribution is 6.32. The monoisotopic (exact) mass is 238 g/mol. The van der Waals surface area contributed by atoms with Crippen LogP contribution in [0.25, 0.3) is 11.5 Å². The number of rotatable bonds is 4. The number of hydrogen-bond acceptors (Lipinski definition) is 5. The van der Waals surface area contributed by atoms with Crippen molar-refractivity contribution >= 4 is 11.6 Å². The summed E-state index contributed by atoms with van der Waals surface area (Å²) in [5.41, 5.74) is 0.708. The van der Waals surface area contributed by atoms with Crippen molar-refractivity contribution in [2.24, 2.45) is 0 Å². The van der Waals surface area contributed by atoms with E-state index in [4.69, 9.17) is 16.1 Å². The molecule has 1 N–H and O–H groups in total. The van der Waals surface area contributed by atoms with Crippen molar-refractivity contribution in [1.82, 2.24) is 20.4 Å². The van der Waals surface area contributed by atoms with E-state index >= 15 is 0 Å². The van der Waals surface area contributed by atoms with Crippen LogP contribution >= 0.6 is 11.6 Å². The number of pyridine rings is 1. The first-order valence-corrected chi connectivity index (χ1v) is 5.26. The number of nitrogens with zero attached hydrogens (tertiary/aromatic N) is 3. The van der Waals surface area contributed by atoms with Gasteiger partial charge < -0.3 is 9.84 Å². The summed E-state index contributed by atoms with van der Waals surface area (Å²) >= 11 is 5.97. The molecule has 16 heavy (non-hydrogen) atoms. The zero-order valence-corrected chi connectivity index (χ0v) is 9.53. The molecule has 0 aliphatic rings. The third-order valence-corrected chi connectivity index (χ3v) is 2.37. The van der Waals surface area contributed by atoms with Crippen LogP contribution in [-0.2, 0) is 6.42 Å². The molecule has 5 nitrogen and oxygen atoms in total. The van der Waals surface area contributed by atoms with E-state index in [2.05, 4.69) is 20.4 Å². The highest BCUT2D eigenvalue weighted by atomic mass is 35.5. The van der Waals surface area contributed by atoms with Crippen LogP contribution in [0.3, 0.4) is 0 Å². The van der Waals surface area contributed by atoms with Gasteiger partial charge in [-0.05, 0) is 13.1 Å². The maximum absolute atomic E-state index is 5.97. The minimum absolute atomic E-state index is 0.429. The van der Waals surface area contributed by atoms with Crippen molar-refractivity contribution in [2.75, 3.05) is 13.6 Å². The summed E-state index contributed by atoms with van der Waals surface area (Å²) in [6.45, 7) is 0.809. The topological polar surface area (TPSA) is 63.8 Å². The van der Waals surface area contributed by atoms with E-state index in [9.17, 15) is 0 Å². The van der Waals surface area contributed by atoms with Gasteiger partial charge in [0.1, 0.15) is 0 Å². The summed E-state index contributed by atoms with van der Waals surface area (Å²) < 4.78 is 5.13. The molecule has 0 saturated heterocycles. The van der Waals surface area contributed by atoms with Gasteiger partial charge in [0.2, 0.25) is 0 Å². The molecule has 0 aliphatic carbocycles. The Balaban J connectivity index is 2.22. The molecule has 6 heteroatoms. The van der Waals surface area contributed by atoms with Gasteiger partial charge in [0.05, 0.1) is 10.6 Å². The molecule has 0 fully saturated rings. The molecule has 2 aromatic rings. The molecule has 0 aliphatic heterocycles. The van der Waals surface area contributed by atoms with Gasteiger partial charge >= 0.3 is 0 Å². The third kappa shape index (κ3) is 2.37. The predicted molar refractivity (Wildman–Crippen MR) is 60.2 cm³/mol. The average molecular weight is 239 g/mol. The molecule has 2 heterocycles. The summed E-state index contributed by atoms with van der Waals surface area (Å²) in [5.74, 6) is 1.09. The summed E-state index contributed by atoms with van der Waals surface area (Å²) in [7, 11) is 1.88. The molecule has 0 radical (unpaired) electrons. The van der Waals surface area contributed by atoms with Gasteiger partial charge in [0, 0.05) is 25.4 Å². The molecular formula is C10H11ClN4O. The maximum atomic E-state index is 5.97. The van der Waals surface area contributed by atoms with Crippen molar-refractivity contribution in [3.8, 4) is 11.5 Å². The number of aromatic nitrogens is 3. The first-order valence-electron chi connectivity index (χ1n) is 4.88. The van der Waals surface area contributed by atoms with Crippen molar-refractivity contribution in [3.63, 3.8) is 0 Å². The van der Waals surface area contributed by atoms with Crippen LogP contribution < -0.4 is 5.32 Å². The normalized spacial score (nSPS) is 10.6. The van der Waals surface area contributed by atoms with Crippen LogP contribution in [-0.4, -0.2) is 28.7 Å². The van der Waals surface area contributed by atoms with Gasteiger partial charge in [-0.2, -0.15) is 4.98 Å². The first kappa shape index (κ1) is 11.0. The van der Waals surface area contributed by atoms with E-state index in [1.807, 2.05) is 7.05 Å². The van der Waals surface area contributed by atoms with Crippen LogP contribution in [0.1, 0.15) is 5.82 Å². The zero-order valence-electron chi connectivity index (χ0n) is 8.77. The molecule has 0 saturated carbocycles. The standard InChI is InChI=1S/C10H11ClN4O/c1-12-4-3-9-14-10(16-15-9)7-2-5-13-6-8(7)11/h2,5-6,12H,3-4H2,1H3. The van der Waals surface area contributed by atoms with Crippen LogP contribution in [0.15, 0.2) is 23.0 Å². The lowest BCUT2D eigenvalue weighted by atomic mass is 10.3. The Labute approximate surface area is 97.8 Å². The maximum Gasteiger partial charge on any atom is 0.259 e. The van der Waals surface area contributed by atoms with E-state index in [1.165, 1.54) is 0 Å². The van der Waals surface area contributed by atoms with Gasteiger partial charge in [-0.25, -0.2) is 0 Å². The second kappa shape index (κ2) is 5.05. The second-order valence-corrected chi connectivity index (χ2v) is 3.63. The largest absolute Gasteiger partial charge is 0.334 e. The van der Waals surface area contributed by atoms with Gasteiger partial charge in [-0.1, -0.05) is 16.8 Å². The Morgan fingerprint density at radius 3 is 3.12 bits per heavy atom. The number of likely N-dealkylation sites (N-methyl/N-ethyl adjacent to an activating group) is 1. The molecule has 2 rings (SSSR count). The quantitative estimate of drug-likeness (QED) is 0.876. The van der Waals surface area contributed by atoms with Crippen molar-refractivity contribution in [2.45, 2.75) is 6.42 Å². The molecule has 0 unspecified atom stereocenters. The Bertz CT molecular complexity index is 471. The van der Waals surface area contributed by atoms with Crippen LogP contribution in [0, 0.1) is 0 Å². The Hall–Kier alpha value is -1.46. The number of hydrogen-bond donors (Lipinski definition) is 1. The molecule has 0 aromatic carbocycles. The summed E-state index contributed by atoms with van der Waals surface area (Å²) in [4.78, 5) is 8.14. The fourth-order valence-electron chi connectivity index (χ4n) is 1.25. The molecule has 0 bridgehead atoms. The Morgan fingerprint density at radius 1 is 1.50 bits per heavy atom. The van der Waals surface area contributed by atoms with Crippen LogP contribution in [0.2, 0.25) is 5.02 Å². The fraction of sp³-hybridized carbons (Fsp3) is 0.300. The highest BCUT2D eigenvalue weighted by Crippen LogP contribution is 2.24. The Morgan fingerprint density at radius 2 is 2.38 bits per heavy atom. The van der Waals surface area contributed by atoms with E-state index < -0.39 is 0 Å². The van der Waals surface area contributed by atoms with Crippen molar-refractivity contribution < 1.29 is 4.52 Å². The number of halogens is 1. The number of nitrogens with one attached hydrogen (secondary N) is 1. The SMILES string of the molecule is CNCCc1noc(-c2ccncc2Cl)n1. The lowest BCUT2D eigenvalue weighted by Crippen LogP contribution is -2.10. The van der Waals surface area contributed by atoms with Crippen molar-refractivity contribution in [1.29, 1.82) is 0 Å². The van der Waals surface area contributed by atoms with E-state index in [0.29, 0.717) is 22.3 Å². The third-order valence-electron chi connectivity index (χ3n) is 2.07. The first-order chi connectivity index (χ1) is 7.81. The van der Waals surface area contributed by atoms with E-state index in [1.54, 1.807) is 18.5 Å². The van der Waals surface area contributed by atoms with Crippen LogP contribution in [0.5, 0.6) is 0 Å². The molecule has 0 atom stereocenters. The molecular weight excluding hydrogens is 228 g/mol.